The van der Waals surface area contributed by atoms with E-state index in [9.17, 15) is 9.59 Å². The second kappa shape index (κ2) is 6.67. The number of benzene rings is 1. The molecule has 2 heterocycles. The summed E-state index contributed by atoms with van der Waals surface area (Å²) in [5.74, 6) is 0.419. The number of nitrogens with one attached hydrogen (secondary N) is 3. The number of para-hydroxylation sites is 1. The lowest BCUT2D eigenvalue weighted by Crippen LogP contribution is -2.48. The number of amides is 1. The van der Waals surface area contributed by atoms with Gasteiger partial charge >= 0.3 is 0 Å². The Morgan fingerprint density at radius 3 is 3.09 bits per heavy atom. The summed E-state index contributed by atoms with van der Waals surface area (Å²) >= 11 is 0. The van der Waals surface area contributed by atoms with Crippen molar-refractivity contribution < 1.29 is 9.53 Å². The van der Waals surface area contributed by atoms with Gasteiger partial charge in [-0.25, -0.2) is 4.98 Å². The zero-order valence-electron chi connectivity index (χ0n) is 12.1. The molecule has 1 atom stereocenters. The summed E-state index contributed by atoms with van der Waals surface area (Å²) in [5, 5.41) is 6.47. The Balaban J connectivity index is 1.59. The molecule has 116 valence electrons. The number of aromatic nitrogens is 2. The van der Waals surface area contributed by atoms with E-state index in [0.29, 0.717) is 42.8 Å². The van der Waals surface area contributed by atoms with Gasteiger partial charge in [-0.15, -0.1) is 0 Å². The predicted molar refractivity (Wildman–Crippen MR) is 81.7 cm³/mol. The molecule has 2 aromatic rings. The molecule has 1 saturated heterocycles. The standard InChI is InChI=1S/C15H18N4O3/c20-14-10-3-1-2-4-11(10)18-13(19-14)5-6-17-15(21)12-9-16-7-8-22-12/h1-4,12,16H,5-9H2,(H,17,21)(H,18,19,20)/t12-/m0/s1. The maximum absolute atomic E-state index is 11.9. The average Bonchev–Trinajstić information content (AvgIpc) is 2.56. The number of hydrogen-bond acceptors (Lipinski definition) is 5. The quantitative estimate of drug-likeness (QED) is 0.712. The lowest BCUT2D eigenvalue weighted by molar-refractivity contribution is -0.134. The highest BCUT2D eigenvalue weighted by Gasteiger charge is 2.21. The van der Waals surface area contributed by atoms with Crippen LogP contribution in [0.4, 0.5) is 0 Å². The number of rotatable bonds is 4. The van der Waals surface area contributed by atoms with Gasteiger partial charge in [-0.2, -0.15) is 0 Å². The van der Waals surface area contributed by atoms with Crippen molar-refractivity contribution >= 4 is 16.8 Å². The van der Waals surface area contributed by atoms with E-state index in [-0.39, 0.29) is 11.5 Å². The number of morpholine rings is 1. The molecule has 1 aliphatic heterocycles. The Morgan fingerprint density at radius 2 is 2.27 bits per heavy atom. The number of hydrogen-bond donors (Lipinski definition) is 3. The van der Waals surface area contributed by atoms with Gasteiger partial charge in [-0.3, -0.25) is 9.59 Å². The van der Waals surface area contributed by atoms with E-state index in [0.717, 1.165) is 6.54 Å². The van der Waals surface area contributed by atoms with Crippen LogP contribution >= 0.6 is 0 Å². The number of H-pyrrole nitrogens is 1. The molecule has 0 radical (unpaired) electrons. The molecular weight excluding hydrogens is 284 g/mol. The number of aromatic amines is 1. The van der Waals surface area contributed by atoms with Crippen molar-refractivity contribution in [3.05, 3.63) is 40.4 Å². The van der Waals surface area contributed by atoms with Gasteiger partial charge in [-0.05, 0) is 12.1 Å². The van der Waals surface area contributed by atoms with Crippen LogP contribution in [0.15, 0.2) is 29.1 Å². The first-order valence-corrected chi connectivity index (χ1v) is 7.32. The van der Waals surface area contributed by atoms with E-state index >= 15 is 0 Å². The molecule has 3 rings (SSSR count). The van der Waals surface area contributed by atoms with Crippen LogP contribution in [-0.2, 0) is 16.0 Å². The summed E-state index contributed by atoms with van der Waals surface area (Å²) in [6.07, 6.45) is 0.0174. The van der Waals surface area contributed by atoms with E-state index in [2.05, 4.69) is 20.6 Å². The summed E-state index contributed by atoms with van der Waals surface area (Å²) < 4.78 is 5.37. The summed E-state index contributed by atoms with van der Waals surface area (Å²) in [5.41, 5.74) is 0.499. The Kier molecular flexibility index (Phi) is 4.45. The molecule has 0 saturated carbocycles. The molecule has 1 aliphatic rings. The van der Waals surface area contributed by atoms with Gasteiger partial charge in [0.1, 0.15) is 11.9 Å². The Labute approximate surface area is 127 Å². The summed E-state index contributed by atoms with van der Waals surface area (Å²) in [7, 11) is 0. The topological polar surface area (TPSA) is 96.1 Å². The molecule has 0 unspecified atom stereocenters. The van der Waals surface area contributed by atoms with Gasteiger partial charge in [0.15, 0.2) is 0 Å². The van der Waals surface area contributed by atoms with Crippen molar-refractivity contribution in [3.63, 3.8) is 0 Å². The predicted octanol–water partition coefficient (Wildman–Crippen LogP) is -0.430. The summed E-state index contributed by atoms with van der Waals surface area (Å²) in [6, 6.07) is 7.18. The molecule has 7 heteroatoms. The minimum Gasteiger partial charge on any atom is -0.366 e. The number of fused-ring (bicyclic) bond motifs is 1. The molecule has 0 spiro atoms. The smallest absolute Gasteiger partial charge is 0.258 e. The third-order valence-corrected chi connectivity index (χ3v) is 3.54. The number of carbonyl (C=O) groups is 1. The Bertz CT molecular complexity index is 722. The third-order valence-electron chi connectivity index (χ3n) is 3.54. The minimum atomic E-state index is -0.447. The zero-order chi connectivity index (χ0) is 15.4. The molecule has 1 fully saturated rings. The normalized spacial score (nSPS) is 18.3. The van der Waals surface area contributed by atoms with E-state index < -0.39 is 6.10 Å². The highest BCUT2D eigenvalue weighted by Crippen LogP contribution is 2.05. The van der Waals surface area contributed by atoms with Crippen molar-refractivity contribution in [2.45, 2.75) is 12.5 Å². The van der Waals surface area contributed by atoms with E-state index in [1.807, 2.05) is 6.07 Å². The summed E-state index contributed by atoms with van der Waals surface area (Å²) in [4.78, 5) is 31.0. The van der Waals surface area contributed by atoms with Crippen molar-refractivity contribution in [1.29, 1.82) is 0 Å². The molecule has 1 aromatic heterocycles. The fourth-order valence-corrected chi connectivity index (χ4v) is 2.41. The second-order valence-electron chi connectivity index (χ2n) is 5.13. The van der Waals surface area contributed by atoms with Crippen LogP contribution in [0.2, 0.25) is 0 Å². The lowest BCUT2D eigenvalue weighted by atomic mass is 10.2. The highest BCUT2D eigenvalue weighted by atomic mass is 16.5. The molecule has 0 bridgehead atoms. The van der Waals surface area contributed by atoms with Crippen molar-refractivity contribution in [2.75, 3.05) is 26.2 Å². The van der Waals surface area contributed by atoms with Gasteiger partial charge in [0.05, 0.1) is 17.5 Å². The van der Waals surface area contributed by atoms with Gasteiger partial charge in [0, 0.05) is 26.1 Å². The number of carbonyl (C=O) groups excluding carboxylic acids is 1. The highest BCUT2D eigenvalue weighted by molar-refractivity contribution is 5.81. The van der Waals surface area contributed by atoms with Gasteiger partial charge in [-0.1, -0.05) is 12.1 Å². The molecule has 1 aromatic carbocycles. The maximum atomic E-state index is 11.9. The first-order valence-electron chi connectivity index (χ1n) is 7.32. The van der Waals surface area contributed by atoms with Gasteiger partial charge < -0.3 is 20.4 Å². The Morgan fingerprint density at radius 1 is 1.41 bits per heavy atom. The lowest BCUT2D eigenvalue weighted by Gasteiger charge is -2.22. The monoisotopic (exact) mass is 302 g/mol. The fourth-order valence-electron chi connectivity index (χ4n) is 2.41. The second-order valence-corrected chi connectivity index (χ2v) is 5.13. The van der Waals surface area contributed by atoms with Gasteiger partial charge in [0.25, 0.3) is 5.56 Å². The van der Waals surface area contributed by atoms with E-state index in [4.69, 9.17) is 4.74 Å². The molecular formula is C15H18N4O3. The van der Waals surface area contributed by atoms with Crippen LogP contribution in [0.3, 0.4) is 0 Å². The van der Waals surface area contributed by atoms with Crippen LogP contribution in [-0.4, -0.2) is 48.2 Å². The van der Waals surface area contributed by atoms with Gasteiger partial charge in [0.2, 0.25) is 5.91 Å². The summed E-state index contributed by atoms with van der Waals surface area (Å²) in [6.45, 7) is 2.24. The maximum Gasteiger partial charge on any atom is 0.258 e. The van der Waals surface area contributed by atoms with Crippen molar-refractivity contribution in [3.8, 4) is 0 Å². The molecule has 0 aliphatic carbocycles. The van der Waals surface area contributed by atoms with Crippen molar-refractivity contribution in [1.82, 2.24) is 20.6 Å². The minimum absolute atomic E-state index is 0.143. The van der Waals surface area contributed by atoms with Crippen LogP contribution in [0, 0.1) is 0 Å². The first kappa shape index (κ1) is 14.7. The third kappa shape index (κ3) is 3.32. The SMILES string of the molecule is O=C(NCCc1nc2ccccc2c(=O)[nH]1)[C@@H]1CNCCO1. The van der Waals surface area contributed by atoms with Crippen LogP contribution in [0.25, 0.3) is 10.9 Å². The van der Waals surface area contributed by atoms with Crippen LogP contribution < -0.4 is 16.2 Å². The first-order chi connectivity index (χ1) is 10.7. The molecule has 1 amide bonds. The van der Waals surface area contributed by atoms with Crippen molar-refractivity contribution in [2.24, 2.45) is 0 Å². The fraction of sp³-hybridized carbons (Fsp3) is 0.400. The van der Waals surface area contributed by atoms with Crippen LogP contribution in [0.5, 0.6) is 0 Å². The molecule has 7 nitrogen and oxygen atoms in total. The average molecular weight is 302 g/mol. The molecule has 22 heavy (non-hydrogen) atoms. The van der Waals surface area contributed by atoms with Crippen LogP contribution in [0.1, 0.15) is 5.82 Å². The Hall–Kier alpha value is -2.25. The zero-order valence-corrected chi connectivity index (χ0v) is 12.1. The largest absolute Gasteiger partial charge is 0.366 e. The number of nitrogens with zero attached hydrogens (tertiary/aromatic N) is 1. The number of ether oxygens (including phenoxy) is 1. The molecule has 3 N–H and O–H groups in total. The van der Waals surface area contributed by atoms with E-state index in [1.54, 1.807) is 18.2 Å². The van der Waals surface area contributed by atoms with E-state index in [1.165, 1.54) is 0 Å².